The van der Waals surface area contributed by atoms with E-state index in [1.807, 2.05) is 6.92 Å². The molecule has 0 bridgehead atoms. The molecule has 0 aliphatic heterocycles. The summed E-state index contributed by atoms with van der Waals surface area (Å²) in [5, 5.41) is 8.79. The summed E-state index contributed by atoms with van der Waals surface area (Å²) in [4.78, 5) is 10.7. The Bertz CT molecular complexity index is 385. The maximum Gasteiger partial charge on any atom is 0.335 e. The molecule has 0 saturated heterocycles. The predicted octanol–water partition coefficient (Wildman–Crippen LogP) is 3.14. The van der Waals surface area contributed by atoms with Gasteiger partial charge >= 0.3 is 5.97 Å². The largest absolute Gasteiger partial charge is 0.478 e. The predicted molar refractivity (Wildman–Crippen MR) is 67.1 cm³/mol. The van der Waals surface area contributed by atoms with Gasteiger partial charge in [-0.25, -0.2) is 9.18 Å². The van der Waals surface area contributed by atoms with Crippen molar-refractivity contribution in [2.24, 2.45) is 5.73 Å². The molecule has 0 radical (unpaired) electrons. The summed E-state index contributed by atoms with van der Waals surface area (Å²) in [6.07, 6.45) is 2.54. The van der Waals surface area contributed by atoms with Crippen LogP contribution in [0.3, 0.4) is 0 Å². The fraction of sp³-hybridized carbons (Fsp3) is 0.417. The van der Waals surface area contributed by atoms with Crippen LogP contribution in [-0.4, -0.2) is 11.1 Å². The minimum Gasteiger partial charge on any atom is -0.478 e. The number of carboxylic acids is 1. The maximum absolute atomic E-state index is 13.4. The maximum atomic E-state index is 13.4. The molecule has 0 spiro atoms. The van der Waals surface area contributed by atoms with Gasteiger partial charge in [-0.05, 0) is 24.6 Å². The zero-order chi connectivity index (χ0) is 12.1. The molecule has 5 heteroatoms. The van der Waals surface area contributed by atoms with Gasteiger partial charge in [-0.3, -0.25) is 0 Å². The number of hydrogen-bond donors (Lipinski definition) is 2. The molecule has 0 heterocycles. The van der Waals surface area contributed by atoms with E-state index >= 15 is 0 Å². The Morgan fingerprint density at radius 1 is 1.53 bits per heavy atom. The highest BCUT2D eigenvalue weighted by molar-refractivity contribution is 5.87. The Hall–Kier alpha value is -1.13. The molecule has 3 N–H and O–H groups in total. The lowest BCUT2D eigenvalue weighted by Gasteiger charge is -2.12. The molecule has 0 aliphatic rings. The summed E-state index contributed by atoms with van der Waals surface area (Å²) in [5.41, 5.74) is 6.18. The van der Waals surface area contributed by atoms with E-state index in [2.05, 4.69) is 0 Å². The van der Waals surface area contributed by atoms with Crippen LogP contribution in [0.4, 0.5) is 4.39 Å². The van der Waals surface area contributed by atoms with Gasteiger partial charge in [0, 0.05) is 11.6 Å². The van der Waals surface area contributed by atoms with Crippen LogP contribution >= 0.6 is 12.4 Å². The summed E-state index contributed by atoms with van der Waals surface area (Å²) >= 11 is 0. The second kappa shape index (κ2) is 7.25. The highest BCUT2D eigenvalue weighted by Crippen LogP contribution is 2.21. The van der Waals surface area contributed by atoms with Crippen molar-refractivity contribution in [2.75, 3.05) is 0 Å². The lowest BCUT2D eigenvalue weighted by molar-refractivity contribution is 0.0696. The number of halogens is 2. The first-order valence-electron chi connectivity index (χ1n) is 5.34. The second-order valence-electron chi connectivity index (χ2n) is 3.79. The molecule has 3 nitrogen and oxygen atoms in total. The van der Waals surface area contributed by atoms with Crippen LogP contribution < -0.4 is 5.73 Å². The third-order valence-corrected chi connectivity index (χ3v) is 2.51. The molecule has 1 aromatic carbocycles. The highest BCUT2D eigenvalue weighted by Gasteiger charge is 2.13. The van der Waals surface area contributed by atoms with E-state index in [0.29, 0.717) is 6.42 Å². The summed E-state index contributed by atoms with van der Waals surface area (Å²) < 4.78 is 13.4. The van der Waals surface area contributed by atoms with Gasteiger partial charge in [0.2, 0.25) is 0 Å². The van der Waals surface area contributed by atoms with Gasteiger partial charge in [0.05, 0.1) is 5.56 Å². The molecule has 1 atom stereocenters. The van der Waals surface area contributed by atoms with Gasteiger partial charge in [0.1, 0.15) is 5.82 Å². The van der Waals surface area contributed by atoms with Crippen LogP contribution in [-0.2, 0) is 0 Å². The standard InChI is InChI=1S/C12H16FNO2.ClH/c1-2-3-4-11(14)9-7-8(12(15)16)5-6-10(9)13;/h5-7,11H,2-4,14H2,1H3,(H,15,16);1H. The molecule has 17 heavy (non-hydrogen) atoms. The van der Waals surface area contributed by atoms with Crippen LogP contribution in [0.25, 0.3) is 0 Å². The number of hydrogen-bond acceptors (Lipinski definition) is 2. The molecule has 1 rings (SSSR count). The van der Waals surface area contributed by atoms with Crippen molar-refractivity contribution in [3.63, 3.8) is 0 Å². The Morgan fingerprint density at radius 3 is 2.71 bits per heavy atom. The average Bonchev–Trinajstić information content (AvgIpc) is 2.26. The normalized spacial score (nSPS) is 11.7. The summed E-state index contributed by atoms with van der Waals surface area (Å²) in [5.74, 6) is -1.50. The van der Waals surface area contributed by atoms with Crippen LogP contribution in [0, 0.1) is 5.82 Å². The average molecular weight is 262 g/mol. The topological polar surface area (TPSA) is 63.3 Å². The monoisotopic (exact) mass is 261 g/mol. The van der Waals surface area contributed by atoms with Crippen molar-refractivity contribution in [3.8, 4) is 0 Å². The van der Waals surface area contributed by atoms with Crippen LogP contribution in [0.15, 0.2) is 18.2 Å². The number of unbranched alkanes of at least 4 members (excludes halogenated alkanes) is 1. The van der Waals surface area contributed by atoms with Gasteiger partial charge in [0.15, 0.2) is 0 Å². The van der Waals surface area contributed by atoms with Gasteiger partial charge < -0.3 is 10.8 Å². The number of rotatable bonds is 5. The Labute approximate surface area is 106 Å². The minimum atomic E-state index is -1.07. The third kappa shape index (κ3) is 4.32. The molecular formula is C12H17ClFNO2. The molecular weight excluding hydrogens is 245 g/mol. The van der Waals surface area contributed by atoms with Gasteiger partial charge in [0.25, 0.3) is 0 Å². The van der Waals surface area contributed by atoms with Crippen molar-refractivity contribution >= 4 is 18.4 Å². The first-order valence-corrected chi connectivity index (χ1v) is 5.34. The highest BCUT2D eigenvalue weighted by atomic mass is 35.5. The van der Waals surface area contributed by atoms with Crippen LogP contribution in [0.1, 0.15) is 48.1 Å². The number of aromatic carboxylic acids is 1. The Morgan fingerprint density at radius 2 is 2.18 bits per heavy atom. The number of carbonyl (C=O) groups is 1. The molecule has 0 amide bonds. The zero-order valence-corrected chi connectivity index (χ0v) is 10.5. The van der Waals surface area contributed by atoms with Crippen molar-refractivity contribution in [3.05, 3.63) is 35.1 Å². The smallest absolute Gasteiger partial charge is 0.335 e. The zero-order valence-electron chi connectivity index (χ0n) is 9.65. The minimum absolute atomic E-state index is 0. The first-order chi connectivity index (χ1) is 7.56. The van der Waals surface area contributed by atoms with Crippen molar-refractivity contribution in [1.29, 1.82) is 0 Å². The Balaban J connectivity index is 0.00000256. The van der Waals surface area contributed by atoms with E-state index in [0.717, 1.165) is 18.9 Å². The lowest BCUT2D eigenvalue weighted by atomic mass is 9.99. The van der Waals surface area contributed by atoms with Crippen molar-refractivity contribution in [1.82, 2.24) is 0 Å². The number of nitrogens with two attached hydrogens (primary N) is 1. The van der Waals surface area contributed by atoms with Crippen molar-refractivity contribution in [2.45, 2.75) is 32.2 Å². The first kappa shape index (κ1) is 15.9. The Kier molecular flexibility index (Phi) is 6.76. The fourth-order valence-electron chi connectivity index (χ4n) is 1.54. The number of carboxylic acid groups (broad SMARTS) is 1. The summed E-state index contributed by atoms with van der Waals surface area (Å²) in [6.45, 7) is 2.02. The van der Waals surface area contributed by atoms with Crippen LogP contribution in [0.5, 0.6) is 0 Å². The molecule has 0 saturated carbocycles. The second-order valence-corrected chi connectivity index (χ2v) is 3.79. The van der Waals surface area contributed by atoms with Gasteiger partial charge in [-0.2, -0.15) is 0 Å². The van der Waals surface area contributed by atoms with E-state index in [1.165, 1.54) is 12.1 Å². The molecule has 0 fully saturated rings. The molecule has 96 valence electrons. The SMILES string of the molecule is CCCCC(N)c1cc(C(=O)O)ccc1F.Cl. The van der Waals surface area contributed by atoms with Crippen molar-refractivity contribution < 1.29 is 14.3 Å². The van der Waals surface area contributed by atoms with Crippen LogP contribution in [0.2, 0.25) is 0 Å². The van der Waals surface area contributed by atoms with E-state index in [4.69, 9.17) is 10.8 Å². The fourth-order valence-corrected chi connectivity index (χ4v) is 1.54. The number of benzene rings is 1. The van der Waals surface area contributed by atoms with Gasteiger partial charge in [-0.1, -0.05) is 19.8 Å². The molecule has 0 aromatic heterocycles. The van der Waals surface area contributed by atoms with E-state index in [-0.39, 0.29) is 23.5 Å². The summed E-state index contributed by atoms with van der Waals surface area (Å²) in [7, 11) is 0. The van der Waals surface area contributed by atoms with E-state index in [9.17, 15) is 9.18 Å². The molecule has 0 aliphatic carbocycles. The third-order valence-electron chi connectivity index (χ3n) is 2.51. The van der Waals surface area contributed by atoms with E-state index < -0.39 is 17.8 Å². The quantitative estimate of drug-likeness (QED) is 0.856. The van der Waals surface area contributed by atoms with E-state index in [1.54, 1.807) is 0 Å². The summed E-state index contributed by atoms with van der Waals surface area (Å²) in [6, 6.07) is 3.29. The molecule has 1 unspecified atom stereocenters. The molecule has 1 aromatic rings. The van der Waals surface area contributed by atoms with Gasteiger partial charge in [-0.15, -0.1) is 12.4 Å². The lowest BCUT2D eigenvalue weighted by Crippen LogP contribution is -2.13.